The molecule has 0 bridgehead atoms. The second-order valence-corrected chi connectivity index (χ2v) is 4.32. The van der Waals surface area contributed by atoms with Crippen molar-refractivity contribution in [3.05, 3.63) is 23.8 Å². The van der Waals surface area contributed by atoms with Crippen molar-refractivity contribution in [2.75, 3.05) is 18.5 Å². The molecule has 1 aliphatic heterocycles. The lowest BCUT2D eigenvalue weighted by Crippen LogP contribution is -2.20. The topological polar surface area (TPSA) is 29.5 Å². The van der Waals surface area contributed by atoms with Gasteiger partial charge in [-0.1, -0.05) is 13.0 Å². The number of anilines is 1. The number of rotatable bonds is 2. The lowest BCUT2D eigenvalue weighted by atomic mass is 9.94. The number of benzene rings is 1. The highest BCUT2D eigenvalue weighted by atomic mass is 16.5. The Hall–Kier alpha value is -1.51. The van der Waals surface area contributed by atoms with Crippen LogP contribution in [-0.2, 0) is 4.79 Å². The van der Waals surface area contributed by atoms with Gasteiger partial charge in [-0.2, -0.15) is 0 Å². The van der Waals surface area contributed by atoms with Gasteiger partial charge in [0.15, 0.2) is 0 Å². The molecule has 0 saturated carbocycles. The van der Waals surface area contributed by atoms with E-state index in [9.17, 15) is 4.79 Å². The van der Waals surface area contributed by atoms with Crippen LogP contribution in [0.5, 0.6) is 5.75 Å². The van der Waals surface area contributed by atoms with Crippen molar-refractivity contribution in [1.29, 1.82) is 0 Å². The number of hydrogen-bond acceptors (Lipinski definition) is 3. The van der Waals surface area contributed by atoms with Crippen LogP contribution in [0.15, 0.2) is 18.2 Å². The maximum atomic E-state index is 11.4. The zero-order valence-corrected chi connectivity index (χ0v) is 9.99. The van der Waals surface area contributed by atoms with E-state index in [1.807, 2.05) is 13.1 Å². The molecule has 0 saturated heterocycles. The van der Waals surface area contributed by atoms with Crippen LogP contribution >= 0.6 is 0 Å². The third kappa shape index (κ3) is 1.90. The van der Waals surface area contributed by atoms with E-state index in [0.29, 0.717) is 6.42 Å². The third-order valence-corrected chi connectivity index (χ3v) is 3.14. The molecule has 0 fully saturated rings. The molecule has 1 heterocycles. The van der Waals surface area contributed by atoms with Crippen LogP contribution < -0.4 is 9.64 Å². The number of fused-ring (bicyclic) bond motifs is 1. The van der Waals surface area contributed by atoms with Gasteiger partial charge in [0, 0.05) is 25.3 Å². The van der Waals surface area contributed by atoms with Gasteiger partial charge >= 0.3 is 5.97 Å². The summed E-state index contributed by atoms with van der Waals surface area (Å²) in [7, 11) is 2.02. The van der Waals surface area contributed by atoms with Crippen LogP contribution in [0, 0.1) is 0 Å². The summed E-state index contributed by atoms with van der Waals surface area (Å²) in [4.78, 5) is 13.5. The van der Waals surface area contributed by atoms with Gasteiger partial charge < -0.3 is 9.64 Å². The molecule has 0 radical (unpaired) electrons. The number of esters is 1. The maximum absolute atomic E-state index is 11.4. The average molecular weight is 219 g/mol. The van der Waals surface area contributed by atoms with Gasteiger partial charge in [-0.15, -0.1) is 0 Å². The van der Waals surface area contributed by atoms with Crippen molar-refractivity contribution in [3.63, 3.8) is 0 Å². The molecule has 3 heteroatoms. The van der Waals surface area contributed by atoms with Gasteiger partial charge in [0.1, 0.15) is 5.75 Å². The Morgan fingerprint density at radius 2 is 2.25 bits per heavy atom. The minimum atomic E-state index is -0.128. The minimum Gasteiger partial charge on any atom is -0.426 e. The van der Waals surface area contributed by atoms with Crippen molar-refractivity contribution in [2.24, 2.45) is 0 Å². The van der Waals surface area contributed by atoms with Crippen molar-refractivity contribution in [3.8, 4) is 5.75 Å². The van der Waals surface area contributed by atoms with E-state index >= 15 is 0 Å². The Kier molecular flexibility index (Phi) is 2.86. The number of hydrogen-bond donors (Lipinski definition) is 0. The largest absolute Gasteiger partial charge is 0.426 e. The molecule has 0 aliphatic carbocycles. The van der Waals surface area contributed by atoms with Gasteiger partial charge in [-0.05, 0) is 24.5 Å². The van der Waals surface area contributed by atoms with E-state index < -0.39 is 0 Å². The average Bonchev–Trinajstić information content (AvgIpc) is 2.27. The molecular formula is C13H17NO2. The first kappa shape index (κ1) is 11.0. The van der Waals surface area contributed by atoms with Gasteiger partial charge in [0.2, 0.25) is 0 Å². The molecule has 1 aliphatic rings. The van der Waals surface area contributed by atoms with E-state index in [1.165, 1.54) is 0 Å². The highest BCUT2D eigenvalue weighted by Crippen LogP contribution is 2.36. The van der Waals surface area contributed by atoms with E-state index in [4.69, 9.17) is 4.74 Å². The zero-order chi connectivity index (χ0) is 11.7. The minimum absolute atomic E-state index is 0.128. The zero-order valence-electron chi connectivity index (χ0n) is 9.99. The highest BCUT2D eigenvalue weighted by molar-refractivity contribution is 5.77. The number of nitrogens with zero attached hydrogens (tertiary/aromatic N) is 1. The van der Waals surface area contributed by atoms with Crippen LogP contribution in [-0.4, -0.2) is 19.6 Å². The summed E-state index contributed by atoms with van der Waals surface area (Å²) >= 11 is 0. The summed E-state index contributed by atoms with van der Waals surface area (Å²) in [6.45, 7) is 5.08. The van der Waals surface area contributed by atoms with Gasteiger partial charge in [-0.25, -0.2) is 0 Å². The molecule has 0 aromatic heterocycles. The molecule has 1 atom stereocenters. The van der Waals surface area contributed by atoms with Crippen molar-refractivity contribution < 1.29 is 9.53 Å². The normalized spacial score (nSPS) is 18.9. The fraction of sp³-hybridized carbons (Fsp3) is 0.462. The molecule has 0 spiro atoms. The van der Waals surface area contributed by atoms with Crippen LogP contribution in [0.3, 0.4) is 0 Å². The molecular weight excluding hydrogens is 202 g/mol. The Morgan fingerprint density at radius 3 is 2.94 bits per heavy atom. The molecule has 2 rings (SSSR count). The molecule has 86 valence electrons. The predicted molar refractivity (Wildman–Crippen MR) is 64.1 cm³/mol. The van der Waals surface area contributed by atoms with Crippen molar-refractivity contribution in [2.45, 2.75) is 26.2 Å². The quantitative estimate of drug-likeness (QED) is 0.565. The standard InChI is InChI=1S/C13H17NO2/c1-4-14(3)10-5-6-11-9(2)7-13(15)16-12(11)8-10/h5-6,8-9H,4,7H2,1-3H3. The molecule has 3 nitrogen and oxygen atoms in total. The van der Waals surface area contributed by atoms with Crippen LogP contribution in [0.1, 0.15) is 31.7 Å². The highest BCUT2D eigenvalue weighted by Gasteiger charge is 2.24. The summed E-state index contributed by atoms with van der Waals surface area (Å²) in [6.07, 6.45) is 0.482. The SMILES string of the molecule is CCN(C)c1ccc2c(c1)OC(=O)CC2C. The maximum Gasteiger partial charge on any atom is 0.311 e. The monoisotopic (exact) mass is 219 g/mol. The Labute approximate surface area is 96.0 Å². The summed E-state index contributed by atoms with van der Waals surface area (Å²) in [5, 5.41) is 0. The lowest BCUT2D eigenvalue weighted by Gasteiger charge is -2.24. The molecule has 16 heavy (non-hydrogen) atoms. The second-order valence-electron chi connectivity index (χ2n) is 4.32. The summed E-state index contributed by atoms with van der Waals surface area (Å²) < 4.78 is 5.27. The summed E-state index contributed by atoms with van der Waals surface area (Å²) in [6, 6.07) is 6.10. The summed E-state index contributed by atoms with van der Waals surface area (Å²) in [5.74, 6) is 0.857. The molecule has 0 amide bonds. The lowest BCUT2D eigenvalue weighted by molar-refractivity contribution is -0.135. The fourth-order valence-corrected chi connectivity index (χ4v) is 1.96. The number of ether oxygens (including phenoxy) is 1. The molecule has 1 unspecified atom stereocenters. The first-order chi connectivity index (χ1) is 7.61. The van der Waals surface area contributed by atoms with Crippen molar-refractivity contribution in [1.82, 2.24) is 0 Å². The summed E-state index contributed by atoms with van der Waals surface area (Å²) in [5.41, 5.74) is 2.22. The van der Waals surface area contributed by atoms with E-state index in [0.717, 1.165) is 23.5 Å². The van der Waals surface area contributed by atoms with Gasteiger partial charge in [0.25, 0.3) is 0 Å². The van der Waals surface area contributed by atoms with Crippen LogP contribution in [0.2, 0.25) is 0 Å². The third-order valence-electron chi connectivity index (χ3n) is 3.14. The first-order valence-electron chi connectivity index (χ1n) is 5.67. The van der Waals surface area contributed by atoms with E-state index in [-0.39, 0.29) is 11.9 Å². The number of carbonyl (C=O) groups excluding carboxylic acids is 1. The second kappa shape index (κ2) is 4.16. The first-order valence-corrected chi connectivity index (χ1v) is 5.67. The Bertz CT molecular complexity index is 414. The van der Waals surface area contributed by atoms with Crippen LogP contribution in [0.4, 0.5) is 5.69 Å². The molecule has 0 N–H and O–H groups in total. The smallest absolute Gasteiger partial charge is 0.311 e. The number of carbonyl (C=O) groups is 1. The molecule has 1 aromatic carbocycles. The van der Waals surface area contributed by atoms with E-state index in [2.05, 4.69) is 30.9 Å². The van der Waals surface area contributed by atoms with E-state index in [1.54, 1.807) is 0 Å². The Morgan fingerprint density at radius 1 is 1.50 bits per heavy atom. The molecule has 1 aromatic rings. The van der Waals surface area contributed by atoms with Gasteiger partial charge in [-0.3, -0.25) is 4.79 Å². The Balaban J connectivity index is 2.38. The van der Waals surface area contributed by atoms with Gasteiger partial charge in [0.05, 0.1) is 6.42 Å². The fourth-order valence-electron chi connectivity index (χ4n) is 1.96. The van der Waals surface area contributed by atoms with Crippen LogP contribution in [0.25, 0.3) is 0 Å². The van der Waals surface area contributed by atoms with Crippen molar-refractivity contribution >= 4 is 11.7 Å². The predicted octanol–water partition coefficient (Wildman–Crippen LogP) is 2.56.